The molecule has 2 rings (SSSR count). The molecular formula is C29H44N8O6. The molecule has 0 unspecified atom stereocenters. The van der Waals surface area contributed by atoms with Crippen LogP contribution in [0.15, 0.2) is 42.9 Å². The Morgan fingerprint density at radius 2 is 1.53 bits per heavy atom. The van der Waals surface area contributed by atoms with Crippen molar-refractivity contribution in [3.05, 3.63) is 54.1 Å². The minimum absolute atomic E-state index is 0.0184. The van der Waals surface area contributed by atoms with Crippen molar-refractivity contribution in [1.29, 1.82) is 0 Å². The molecule has 2 aromatic rings. The second kappa shape index (κ2) is 18.3. The molecule has 0 spiro atoms. The number of rotatable bonds is 19. The number of nitrogens with two attached hydrogens (primary N) is 2. The fourth-order valence-corrected chi connectivity index (χ4v) is 4.62. The molecule has 14 nitrogen and oxygen atoms in total. The zero-order valence-corrected chi connectivity index (χ0v) is 24.7. The third kappa shape index (κ3) is 12.6. The molecule has 0 bridgehead atoms. The number of H-pyrrole nitrogens is 1. The number of primary amides is 1. The first-order chi connectivity index (χ1) is 20.5. The molecule has 1 heterocycles. The van der Waals surface area contributed by atoms with Crippen LogP contribution in [0.2, 0.25) is 0 Å². The third-order valence-corrected chi connectivity index (χ3v) is 6.82. The van der Waals surface area contributed by atoms with E-state index in [1.165, 1.54) is 12.5 Å². The van der Waals surface area contributed by atoms with E-state index in [0.717, 1.165) is 5.56 Å². The monoisotopic (exact) mass is 600 g/mol. The Labute approximate surface area is 251 Å². The maximum atomic E-state index is 13.7. The Morgan fingerprint density at radius 1 is 0.907 bits per heavy atom. The fraction of sp³-hybridized carbons (Fsp3) is 0.517. The van der Waals surface area contributed by atoms with Gasteiger partial charge in [0.15, 0.2) is 0 Å². The molecule has 1 aromatic heterocycles. The summed E-state index contributed by atoms with van der Waals surface area (Å²) >= 11 is 0. The molecule has 0 saturated heterocycles. The lowest BCUT2D eigenvalue weighted by molar-refractivity contribution is -0.137. The highest BCUT2D eigenvalue weighted by molar-refractivity contribution is 5.95. The number of hydroxylamine groups is 1. The van der Waals surface area contributed by atoms with Crippen LogP contribution >= 0.6 is 0 Å². The summed E-state index contributed by atoms with van der Waals surface area (Å²) in [5.41, 5.74) is 13.9. The lowest BCUT2D eigenvalue weighted by Crippen LogP contribution is -2.58. The largest absolute Gasteiger partial charge is 0.368 e. The summed E-state index contributed by atoms with van der Waals surface area (Å²) in [6.07, 6.45) is 4.61. The van der Waals surface area contributed by atoms with Gasteiger partial charge in [-0.15, -0.1) is 0 Å². The van der Waals surface area contributed by atoms with Crippen LogP contribution in [-0.4, -0.2) is 69.4 Å². The number of hydrogen-bond acceptors (Lipinski definition) is 8. The standard InChI is InChI=1S/C29H44N8O6/c1-18(2)12-20(14-25(38)37-43)27(40)35-23(13-19-8-4-3-5-9-19)28(41)36-24(15-21-16-32-17-33-21)29(42)34-22(26(31)39)10-6-7-11-30/h3-5,8-9,16-18,20,22-24,43H,6-7,10-15,30H2,1-2H3,(H2,31,39)(H,32,33)(H,34,42)(H,35,40)(H,36,41)(H,37,38)/t20-,22+,23+,24+/m1/s1. The van der Waals surface area contributed by atoms with Crippen molar-refractivity contribution >= 4 is 29.5 Å². The van der Waals surface area contributed by atoms with Gasteiger partial charge < -0.3 is 32.4 Å². The maximum Gasteiger partial charge on any atom is 0.244 e. The minimum atomic E-state index is -1.15. The first-order valence-corrected chi connectivity index (χ1v) is 14.4. The van der Waals surface area contributed by atoms with Gasteiger partial charge in [0.2, 0.25) is 29.5 Å². The lowest BCUT2D eigenvalue weighted by Gasteiger charge is -2.26. The Hall–Kier alpha value is -4.30. The summed E-state index contributed by atoms with van der Waals surface area (Å²) in [4.78, 5) is 71.3. The van der Waals surface area contributed by atoms with Crippen LogP contribution in [-0.2, 0) is 36.8 Å². The molecule has 0 aliphatic heterocycles. The van der Waals surface area contributed by atoms with Crippen LogP contribution in [0.25, 0.3) is 0 Å². The first-order valence-electron chi connectivity index (χ1n) is 14.4. The van der Waals surface area contributed by atoms with Crippen molar-refractivity contribution in [2.24, 2.45) is 23.3 Å². The summed E-state index contributed by atoms with van der Waals surface area (Å²) in [7, 11) is 0. The van der Waals surface area contributed by atoms with Crippen LogP contribution in [0, 0.1) is 11.8 Å². The second-order valence-corrected chi connectivity index (χ2v) is 10.9. The number of carbonyl (C=O) groups excluding carboxylic acids is 5. The Balaban J connectivity index is 2.31. The number of amides is 5. The van der Waals surface area contributed by atoms with Crippen molar-refractivity contribution in [3.8, 4) is 0 Å². The number of carbonyl (C=O) groups is 5. The third-order valence-electron chi connectivity index (χ3n) is 6.82. The molecule has 236 valence electrons. The van der Waals surface area contributed by atoms with Crippen LogP contribution < -0.4 is 32.9 Å². The number of hydrogen-bond donors (Lipinski definition) is 8. The van der Waals surface area contributed by atoms with E-state index in [2.05, 4.69) is 25.9 Å². The Morgan fingerprint density at radius 3 is 2.09 bits per heavy atom. The molecule has 0 fully saturated rings. The van der Waals surface area contributed by atoms with Crippen molar-refractivity contribution in [2.45, 2.75) is 76.9 Å². The van der Waals surface area contributed by atoms with E-state index >= 15 is 0 Å². The summed E-state index contributed by atoms with van der Waals surface area (Å²) in [5, 5.41) is 17.1. The Bertz CT molecular complexity index is 1170. The molecule has 0 aliphatic rings. The highest BCUT2D eigenvalue weighted by Gasteiger charge is 2.32. The highest BCUT2D eigenvalue weighted by Crippen LogP contribution is 2.17. The van der Waals surface area contributed by atoms with Crippen molar-refractivity contribution in [2.75, 3.05) is 6.54 Å². The average Bonchev–Trinajstić information content (AvgIpc) is 3.48. The number of nitrogens with one attached hydrogen (secondary N) is 5. The SMILES string of the molecule is CC(C)C[C@H](CC(=O)NO)C(=O)N[C@@H](Cc1ccccc1)C(=O)N[C@@H](Cc1cnc[nH]1)C(=O)N[C@@H](CCCCN)C(N)=O. The fourth-order valence-electron chi connectivity index (χ4n) is 4.62. The van der Waals surface area contributed by atoms with Crippen molar-refractivity contribution in [3.63, 3.8) is 0 Å². The molecule has 1 aromatic carbocycles. The van der Waals surface area contributed by atoms with Gasteiger partial charge in [0, 0.05) is 37.1 Å². The number of aromatic nitrogens is 2. The van der Waals surface area contributed by atoms with Gasteiger partial charge in [-0.2, -0.15) is 0 Å². The second-order valence-electron chi connectivity index (χ2n) is 10.9. The lowest BCUT2D eigenvalue weighted by atomic mass is 9.92. The van der Waals surface area contributed by atoms with Gasteiger partial charge in [0.1, 0.15) is 18.1 Å². The predicted molar refractivity (Wildman–Crippen MR) is 158 cm³/mol. The summed E-state index contributed by atoms with van der Waals surface area (Å²) in [6.45, 7) is 4.20. The molecule has 0 aliphatic carbocycles. The topological polar surface area (TPSA) is 234 Å². The van der Waals surface area contributed by atoms with Crippen molar-refractivity contribution < 1.29 is 29.2 Å². The van der Waals surface area contributed by atoms with Gasteiger partial charge >= 0.3 is 0 Å². The molecule has 4 atom stereocenters. The van der Waals surface area contributed by atoms with Crippen LogP contribution in [0.5, 0.6) is 0 Å². The molecule has 5 amide bonds. The summed E-state index contributed by atoms with van der Waals surface area (Å²) < 4.78 is 0. The number of nitrogens with zero attached hydrogens (tertiary/aromatic N) is 1. The van der Waals surface area contributed by atoms with Crippen LogP contribution in [0.3, 0.4) is 0 Å². The smallest absolute Gasteiger partial charge is 0.244 e. The van der Waals surface area contributed by atoms with E-state index in [9.17, 15) is 24.0 Å². The molecule has 0 radical (unpaired) electrons. The summed E-state index contributed by atoms with van der Waals surface area (Å²) in [5.74, 6) is -4.03. The van der Waals surface area contributed by atoms with Gasteiger partial charge in [-0.05, 0) is 43.7 Å². The van der Waals surface area contributed by atoms with E-state index in [1.54, 1.807) is 29.7 Å². The minimum Gasteiger partial charge on any atom is -0.368 e. The van der Waals surface area contributed by atoms with E-state index in [4.69, 9.17) is 16.7 Å². The van der Waals surface area contributed by atoms with E-state index in [0.29, 0.717) is 31.5 Å². The van der Waals surface area contributed by atoms with Gasteiger partial charge in [0.05, 0.1) is 6.33 Å². The quantitative estimate of drug-likeness (QED) is 0.0610. The molecule has 14 heteroatoms. The number of aromatic amines is 1. The zero-order valence-electron chi connectivity index (χ0n) is 24.7. The van der Waals surface area contributed by atoms with Crippen LogP contribution in [0.4, 0.5) is 0 Å². The van der Waals surface area contributed by atoms with Gasteiger partial charge in [-0.25, -0.2) is 10.5 Å². The summed E-state index contributed by atoms with van der Waals surface area (Å²) in [6, 6.07) is 5.77. The van der Waals surface area contributed by atoms with Crippen LogP contribution in [0.1, 0.15) is 57.2 Å². The normalized spacial score (nSPS) is 13.8. The number of unbranched alkanes of at least 4 members (excludes halogenated alkanes) is 1. The van der Waals surface area contributed by atoms with Crippen molar-refractivity contribution in [1.82, 2.24) is 31.4 Å². The van der Waals surface area contributed by atoms with E-state index < -0.39 is 53.6 Å². The Kier molecular flexibility index (Phi) is 14.8. The number of imidazole rings is 1. The molecule has 0 saturated carbocycles. The van der Waals surface area contributed by atoms with E-state index in [1.807, 2.05) is 19.9 Å². The first kappa shape index (κ1) is 34.9. The molecule has 43 heavy (non-hydrogen) atoms. The zero-order chi connectivity index (χ0) is 31.8. The highest BCUT2D eigenvalue weighted by atomic mass is 16.5. The predicted octanol–water partition coefficient (Wildman–Crippen LogP) is -0.179. The average molecular weight is 601 g/mol. The molecule has 10 N–H and O–H groups in total. The maximum absolute atomic E-state index is 13.7. The van der Waals surface area contributed by atoms with E-state index in [-0.39, 0.29) is 31.6 Å². The van der Waals surface area contributed by atoms with Gasteiger partial charge in [0.25, 0.3) is 0 Å². The van der Waals surface area contributed by atoms with Gasteiger partial charge in [-0.3, -0.25) is 29.2 Å². The van der Waals surface area contributed by atoms with Gasteiger partial charge in [-0.1, -0.05) is 44.2 Å². The molecular weight excluding hydrogens is 556 g/mol. The number of benzene rings is 1.